The van der Waals surface area contributed by atoms with Crippen LogP contribution >= 0.6 is 0 Å². The molecule has 3 heterocycles. The van der Waals surface area contributed by atoms with Gasteiger partial charge in [-0.1, -0.05) is 12.1 Å². The second-order valence-corrected chi connectivity index (χ2v) is 6.43. The molecule has 1 aromatic heterocycles. The molecular weight excluding hydrogens is 306 g/mol. The summed E-state index contributed by atoms with van der Waals surface area (Å²) in [5, 5.41) is 4.17. The first-order chi connectivity index (χ1) is 11.7. The van der Waals surface area contributed by atoms with E-state index in [9.17, 15) is 4.79 Å². The molecule has 2 aliphatic rings. The van der Waals surface area contributed by atoms with Gasteiger partial charge in [0, 0.05) is 38.7 Å². The van der Waals surface area contributed by atoms with Crippen LogP contribution in [0.4, 0.5) is 0 Å². The molecule has 6 nitrogen and oxygen atoms in total. The molecule has 1 amide bonds. The molecule has 24 heavy (non-hydrogen) atoms. The molecule has 0 unspecified atom stereocenters. The lowest BCUT2D eigenvalue weighted by Crippen LogP contribution is -2.28. The van der Waals surface area contributed by atoms with Gasteiger partial charge in [0.25, 0.3) is 5.91 Å². The molecule has 1 fully saturated rings. The van der Waals surface area contributed by atoms with Crippen molar-refractivity contribution < 1.29 is 14.3 Å². The maximum Gasteiger partial charge on any atom is 0.260 e. The van der Waals surface area contributed by atoms with Crippen LogP contribution in [0.5, 0.6) is 11.6 Å². The Kier molecular flexibility index (Phi) is 3.67. The molecule has 0 radical (unpaired) electrons. The standard InChI is InChI=1S/C18H21N3O3/c1-20-11-15(17(19-20)23-2)18(22)21-7-5-14(10-21)12-3-4-16-13(9-12)6-8-24-16/h3-4,9,11,14H,5-8,10H2,1-2H3/t14-/m0/s1. The highest BCUT2D eigenvalue weighted by Gasteiger charge is 2.31. The van der Waals surface area contributed by atoms with Crippen molar-refractivity contribution in [1.29, 1.82) is 0 Å². The molecule has 0 spiro atoms. The normalized spacial score (nSPS) is 19.2. The number of carbonyl (C=O) groups is 1. The Morgan fingerprint density at radius 1 is 1.42 bits per heavy atom. The number of fused-ring (bicyclic) bond motifs is 1. The van der Waals surface area contributed by atoms with Crippen LogP contribution in [0.2, 0.25) is 0 Å². The van der Waals surface area contributed by atoms with Gasteiger partial charge < -0.3 is 14.4 Å². The number of methoxy groups -OCH3 is 1. The maximum absolute atomic E-state index is 12.8. The fourth-order valence-electron chi connectivity index (χ4n) is 3.61. The van der Waals surface area contributed by atoms with Crippen molar-refractivity contribution >= 4 is 5.91 Å². The van der Waals surface area contributed by atoms with E-state index in [1.54, 1.807) is 25.0 Å². The lowest BCUT2D eigenvalue weighted by molar-refractivity contribution is 0.0787. The molecule has 1 saturated heterocycles. The van der Waals surface area contributed by atoms with Gasteiger partial charge in [-0.3, -0.25) is 9.48 Å². The zero-order chi connectivity index (χ0) is 16.7. The molecule has 0 N–H and O–H groups in total. The monoisotopic (exact) mass is 327 g/mol. The van der Waals surface area contributed by atoms with Crippen LogP contribution < -0.4 is 9.47 Å². The molecule has 1 aromatic carbocycles. The SMILES string of the molecule is COc1nn(C)cc1C(=O)N1CC[C@H](c2ccc3c(c2)CCO3)C1. The molecule has 4 rings (SSSR count). The highest BCUT2D eigenvalue weighted by molar-refractivity contribution is 5.96. The van der Waals surface area contributed by atoms with Gasteiger partial charge in [-0.05, 0) is 23.6 Å². The van der Waals surface area contributed by atoms with Crippen LogP contribution in [-0.2, 0) is 13.5 Å². The van der Waals surface area contributed by atoms with Crippen LogP contribution in [0.25, 0.3) is 0 Å². The number of hydrogen-bond acceptors (Lipinski definition) is 4. The molecule has 1 atom stereocenters. The first-order valence-electron chi connectivity index (χ1n) is 8.28. The van der Waals surface area contributed by atoms with Crippen molar-refractivity contribution in [1.82, 2.24) is 14.7 Å². The smallest absolute Gasteiger partial charge is 0.260 e. The quantitative estimate of drug-likeness (QED) is 0.865. The van der Waals surface area contributed by atoms with Crippen LogP contribution in [0, 0.1) is 0 Å². The van der Waals surface area contributed by atoms with Crippen LogP contribution in [0.15, 0.2) is 24.4 Å². The number of nitrogens with zero attached hydrogens (tertiary/aromatic N) is 3. The predicted molar refractivity (Wildman–Crippen MR) is 88.7 cm³/mol. The lowest BCUT2D eigenvalue weighted by Gasteiger charge is -2.16. The summed E-state index contributed by atoms with van der Waals surface area (Å²) in [6, 6.07) is 6.44. The van der Waals surface area contributed by atoms with E-state index in [2.05, 4.69) is 23.3 Å². The summed E-state index contributed by atoms with van der Waals surface area (Å²) < 4.78 is 12.4. The summed E-state index contributed by atoms with van der Waals surface area (Å²) in [5.74, 6) is 1.76. The molecule has 2 aromatic rings. The second kappa shape index (κ2) is 5.85. The number of ether oxygens (including phenoxy) is 2. The third-order valence-corrected chi connectivity index (χ3v) is 4.88. The van der Waals surface area contributed by atoms with E-state index < -0.39 is 0 Å². The topological polar surface area (TPSA) is 56.6 Å². The Balaban J connectivity index is 1.51. The Bertz CT molecular complexity index is 784. The number of amides is 1. The summed E-state index contributed by atoms with van der Waals surface area (Å²) in [7, 11) is 3.33. The molecule has 0 aliphatic carbocycles. The van der Waals surface area contributed by atoms with Crippen LogP contribution in [-0.4, -0.2) is 47.4 Å². The number of benzene rings is 1. The largest absolute Gasteiger partial charge is 0.493 e. The summed E-state index contributed by atoms with van der Waals surface area (Å²) in [6.07, 6.45) is 3.68. The molecule has 0 saturated carbocycles. The Morgan fingerprint density at radius 2 is 2.29 bits per heavy atom. The third kappa shape index (κ3) is 2.52. The van der Waals surface area contributed by atoms with E-state index in [0.717, 1.165) is 38.3 Å². The molecular formula is C18H21N3O3. The van der Waals surface area contributed by atoms with E-state index in [1.807, 2.05) is 4.90 Å². The van der Waals surface area contributed by atoms with E-state index in [4.69, 9.17) is 9.47 Å². The maximum atomic E-state index is 12.8. The average Bonchev–Trinajstić information content (AvgIpc) is 3.32. The first kappa shape index (κ1) is 15.1. The highest BCUT2D eigenvalue weighted by atomic mass is 16.5. The minimum Gasteiger partial charge on any atom is -0.493 e. The fraction of sp³-hybridized carbons (Fsp3) is 0.444. The number of carbonyl (C=O) groups excluding carboxylic acids is 1. The van der Waals surface area contributed by atoms with Crippen molar-refractivity contribution in [2.75, 3.05) is 26.8 Å². The summed E-state index contributed by atoms with van der Waals surface area (Å²) in [5.41, 5.74) is 3.11. The van der Waals surface area contributed by atoms with E-state index >= 15 is 0 Å². The third-order valence-electron chi connectivity index (χ3n) is 4.88. The second-order valence-electron chi connectivity index (χ2n) is 6.43. The zero-order valence-electron chi connectivity index (χ0n) is 14.0. The van der Waals surface area contributed by atoms with Crippen molar-refractivity contribution in [3.63, 3.8) is 0 Å². The van der Waals surface area contributed by atoms with Gasteiger partial charge in [0.1, 0.15) is 11.3 Å². The number of likely N-dealkylation sites (tertiary alicyclic amines) is 1. The Labute approximate surface area is 141 Å². The van der Waals surface area contributed by atoms with E-state index in [-0.39, 0.29) is 5.91 Å². The predicted octanol–water partition coefficient (Wildman–Crippen LogP) is 1.99. The van der Waals surface area contributed by atoms with Crippen molar-refractivity contribution in [3.8, 4) is 11.6 Å². The molecule has 2 aliphatic heterocycles. The summed E-state index contributed by atoms with van der Waals surface area (Å²) in [6.45, 7) is 2.26. The number of rotatable bonds is 3. The van der Waals surface area contributed by atoms with Gasteiger partial charge in [-0.2, -0.15) is 0 Å². The number of aryl methyl sites for hydroxylation is 1. The summed E-state index contributed by atoms with van der Waals surface area (Å²) >= 11 is 0. The number of hydrogen-bond donors (Lipinski definition) is 0. The molecule has 6 heteroatoms. The summed E-state index contributed by atoms with van der Waals surface area (Å²) in [4.78, 5) is 14.7. The van der Waals surface area contributed by atoms with E-state index in [1.165, 1.54) is 11.1 Å². The Morgan fingerprint density at radius 3 is 3.12 bits per heavy atom. The molecule has 0 bridgehead atoms. The molecule has 126 valence electrons. The van der Waals surface area contributed by atoms with Gasteiger partial charge in [-0.15, -0.1) is 5.10 Å². The minimum atomic E-state index is -0.00746. The Hall–Kier alpha value is -2.50. The minimum absolute atomic E-state index is 0.00746. The van der Waals surface area contributed by atoms with Crippen LogP contribution in [0.1, 0.15) is 33.8 Å². The zero-order valence-corrected chi connectivity index (χ0v) is 14.0. The van der Waals surface area contributed by atoms with Crippen LogP contribution in [0.3, 0.4) is 0 Å². The van der Waals surface area contributed by atoms with Gasteiger partial charge in [0.05, 0.1) is 13.7 Å². The average molecular weight is 327 g/mol. The number of aromatic nitrogens is 2. The van der Waals surface area contributed by atoms with Crippen molar-refractivity contribution in [2.24, 2.45) is 7.05 Å². The van der Waals surface area contributed by atoms with E-state index in [0.29, 0.717) is 17.4 Å². The highest BCUT2D eigenvalue weighted by Crippen LogP contribution is 2.33. The fourth-order valence-corrected chi connectivity index (χ4v) is 3.61. The van der Waals surface area contributed by atoms with Crippen molar-refractivity contribution in [3.05, 3.63) is 41.1 Å². The van der Waals surface area contributed by atoms with Gasteiger partial charge in [0.15, 0.2) is 0 Å². The first-order valence-corrected chi connectivity index (χ1v) is 8.28. The van der Waals surface area contributed by atoms with Gasteiger partial charge >= 0.3 is 0 Å². The van der Waals surface area contributed by atoms with Gasteiger partial charge in [0.2, 0.25) is 5.88 Å². The lowest BCUT2D eigenvalue weighted by atomic mass is 9.96. The van der Waals surface area contributed by atoms with Gasteiger partial charge in [-0.25, -0.2) is 0 Å². The van der Waals surface area contributed by atoms with Crippen molar-refractivity contribution in [2.45, 2.75) is 18.8 Å².